The van der Waals surface area contributed by atoms with Crippen molar-refractivity contribution in [1.82, 2.24) is 0 Å². The maximum absolute atomic E-state index is 12.6. The fourth-order valence-electron chi connectivity index (χ4n) is 1.72. The molecule has 1 rings (SSSR count). The van der Waals surface area contributed by atoms with Gasteiger partial charge in [0.2, 0.25) is 0 Å². The molecule has 0 spiro atoms. The summed E-state index contributed by atoms with van der Waals surface area (Å²) < 4.78 is 80.3. The summed E-state index contributed by atoms with van der Waals surface area (Å²) in [4.78, 5) is 0. The summed E-state index contributed by atoms with van der Waals surface area (Å²) in [6, 6.07) is 7.62. The van der Waals surface area contributed by atoms with Crippen molar-refractivity contribution in [3.63, 3.8) is 0 Å². The summed E-state index contributed by atoms with van der Waals surface area (Å²) in [7, 11) is 0. The van der Waals surface area contributed by atoms with Crippen molar-refractivity contribution >= 4 is 12.4 Å². The second-order valence-corrected chi connectivity index (χ2v) is 4.90. The number of hydrogen-bond donors (Lipinski definition) is 0. The fourth-order valence-corrected chi connectivity index (χ4v) is 1.72. The zero-order valence-corrected chi connectivity index (χ0v) is 11.5. The highest BCUT2D eigenvalue weighted by Crippen LogP contribution is 2.31. The minimum atomic E-state index is -4.62. The third-order valence-corrected chi connectivity index (χ3v) is 3.13. The molecule has 2 unspecified atom stereocenters. The van der Waals surface area contributed by atoms with Gasteiger partial charge in [-0.3, -0.25) is 0 Å². The van der Waals surface area contributed by atoms with E-state index in [-0.39, 0.29) is 0 Å². The van der Waals surface area contributed by atoms with Crippen LogP contribution in [0.1, 0.15) is 13.8 Å². The smallest absolute Gasteiger partial charge is 0.412 e. The molecule has 1 nitrogen and oxygen atoms in total. The van der Waals surface area contributed by atoms with E-state index in [0.717, 1.165) is 13.8 Å². The Balaban J connectivity index is 2.91. The number of halogens is 6. The monoisotopic (exact) mass is 312 g/mol. The first-order chi connectivity index (χ1) is 9.51. The molecule has 0 aliphatic carbocycles. The van der Waals surface area contributed by atoms with Crippen molar-refractivity contribution < 1.29 is 31.0 Å². The van der Waals surface area contributed by atoms with Crippen LogP contribution in [0.15, 0.2) is 30.3 Å². The lowest BCUT2D eigenvalue weighted by Gasteiger charge is -2.25. The Morgan fingerprint density at radius 3 is 1.90 bits per heavy atom. The summed E-state index contributed by atoms with van der Waals surface area (Å²) in [5.74, 6) is -1.76. The Bertz CT molecular complexity index is 409. The van der Waals surface area contributed by atoms with Crippen LogP contribution in [0.3, 0.4) is 0 Å². The van der Waals surface area contributed by atoms with E-state index < -0.39 is 37.6 Å². The summed E-state index contributed by atoms with van der Waals surface area (Å²) in [6.07, 6.45) is -11.8. The minimum Gasteiger partial charge on any atom is -0.420 e. The van der Waals surface area contributed by atoms with E-state index in [1.807, 2.05) is 0 Å². The van der Waals surface area contributed by atoms with Crippen LogP contribution < -0.4 is 5.46 Å². The maximum Gasteiger partial charge on any atom is 0.412 e. The number of hydrogen-bond acceptors (Lipinski definition) is 1. The first kappa shape index (κ1) is 17.9. The van der Waals surface area contributed by atoms with Crippen molar-refractivity contribution in [2.75, 3.05) is 0 Å². The molecule has 2 atom stereocenters. The molecular formula is C13H15BF6O. The van der Waals surface area contributed by atoms with E-state index in [2.05, 4.69) is 0 Å². The van der Waals surface area contributed by atoms with E-state index in [0.29, 0.717) is 5.46 Å². The van der Waals surface area contributed by atoms with Crippen molar-refractivity contribution in [2.45, 2.75) is 38.6 Å². The summed E-state index contributed by atoms with van der Waals surface area (Å²) >= 11 is 0. The largest absolute Gasteiger partial charge is 0.420 e. The SMILES string of the molecule is CC(CB(OC(C)C(F)(F)F)c1ccccc1)C(F)(F)F. The Morgan fingerprint density at radius 1 is 0.952 bits per heavy atom. The normalized spacial score (nSPS) is 15.6. The summed E-state index contributed by atoms with van der Waals surface area (Å²) in [6.45, 7) is 0.450. The van der Waals surface area contributed by atoms with E-state index in [1.54, 1.807) is 18.2 Å². The van der Waals surface area contributed by atoms with Gasteiger partial charge in [0.15, 0.2) is 0 Å². The Kier molecular flexibility index (Phi) is 5.72. The van der Waals surface area contributed by atoms with Crippen molar-refractivity contribution in [2.24, 2.45) is 5.92 Å². The van der Waals surface area contributed by atoms with Crippen LogP contribution in [-0.2, 0) is 4.65 Å². The molecule has 0 fully saturated rings. The minimum absolute atomic E-state index is 0.296. The predicted octanol–water partition coefficient (Wildman–Crippen LogP) is 4.05. The Hall–Kier alpha value is -1.18. The van der Waals surface area contributed by atoms with Gasteiger partial charge in [0.25, 0.3) is 0 Å². The van der Waals surface area contributed by atoms with Crippen molar-refractivity contribution in [3.05, 3.63) is 30.3 Å². The molecule has 21 heavy (non-hydrogen) atoms. The van der Waals surface area contributed by atoms with Crippen LogP contribution in [0.2, 0.25) is 6.32 Å². The van der Waals surface area contributed by atoms with Crippen LogP contribution in [0.5, 0.6) is 0 Å². The van der Waals surface area contributed by atoms with Crippen LogP contribution in [0.4, 0.5) is 26.3 Å². The molecule has 118 valence electrons. The molecule has 1 aromatic carbocycles. The standard InChI is InChI=1S/C13H15BF6O/c1-9(12(15,16)17)8-14(11-6-4-3-5-7-11)21-10(2)13(18,19)20/h3-7,9-10H,8H2,1-2H3. The molecule has 0 bridgehead atoms. The zero-order chi connectivity index (χ0) is 16.3. The lowest BCUT2D eigenvalue weighted by Crippen LogP contribution is -2.43. The molecule has 0 aliphatic heterocycles. The first-order valence-corrected chi connectivity index (χ1v) is 6.35. The molecule has 0 aliphatic rings. The maximum atomic E-state index is 12.6. The topological polar surface area (TPSA) is 9.23 Å². The van der Waals surface area contributed by atoms with Crippen molar-refractivity contribution in [1.29, 1.82) is 0 Å². The van der Waals surface area contributed by atoms with Gasteiger partial charge < -0.3 is 4.65 Å². The molecule has 1 aromatic rings. The average molecular weight is 312 g/mol. The lowest BCUT2D eigenvalue weighted by atomic mass is 9.55. The van der Waals surface area contributed by atoms with Crippen molar-refractivity contribution in [3.8, 4) is 0 Å². The van der Waals surface area contributed by atoms with E-state index in [9.17, 15) is 26.3 Å². The van der Waals surface area contributed by atoms with E-state index in [4.69, 9.17) is 4.65 Å². The second-order valence-electron chi connectivity index (χ2n) is 4.90. The Morgan fingerprint density at radius 2 is 1.48 bits per heavy atom. The highest BCUT2D eigenvalue weighted by atomic mass is 19.4. The van der Waals surface area contributed by atoms with Gasteiger partial charge in [0, 0.05) is 5.92 Å². The van der Waals surface area contributed by atoms with Gasteiger partial charge in [-0.1, -0.05) is 37.3 Å². The molecule has 0 N–H and O–H groups in total. The summed E-state index contributed by atoms with van der Waals surface area (Å²) in [5.41, 5.74) is 0.296. The van der Waals surface area contributed by atoms with Gasteiger partial charge in [-0.25, -0.2) is 0 Å². The average Bonchev–Trinajstić information content (AvgIpc) is 2.36. The molecule has 0 heterocycles. The van der Waals surface area contributed by atoms with Gasteiger partial charge >= 0.3 is 19.3 Å². The van der Waals surface area contributed by atoms with Crippen LogP contribution in [0.25, 0.3) is 0 Å². The first-order valence-electron chi connectivity index (χ1n) is 6.35. The molecule has 0 aromatic heterocycles. The van der Waals surface area contributed by atoms with Gasteiger partial charge in [-0.15, -0.1) is 0 Å². The molecule has 8 heteroatoms. The Labute approximate surface area is 119 Å². The van der Waals surface area contributed by atoms with E-state index in [1.165, 1.54) is 12.1 Å². The zero-order valence-electron chi connectivity index (χ0n) is 11.5. The molecule has 0 amide bonds. The quantitative estimate of drug-likeness (QED) is 0.589. The molecule has 0 saturated heterocycles. The number of alkyl halides is 6. The third-order valence-electron chi connectivity index (χ3n) is 3.13. The van der Waals surface area contributed by atoms with Gasteiger partial charge in [0.05, 0.1) is 0 Å². The van der Waals surface area contributed by atoms with Crippen LogP contribution in [0, 0.1) is 5.92 Å². The number of rotatable bonds is 5. The van der Waals surface area contributed by atoms with Crippen LogP contribution in [-0.4, -0.2) is 25.4 Å². The fraction of sp³-hybridized carbons (Fsp3) is 0.538. The molecular weight excluding hydrogens is 297 g/mol. The molecule has 0 radical (unpaired) electrons. The molecule has 0 saturated carbocycles. The highest BCUT2D eigenvalue weighted by Gasteiger charge is 2.43. The lowest BCUT2D eigenvalue weighted by molar-refractivity contribution is -0.191. The summed E-state index contributed by atoms with van der Waals surface area (Å²) in [5, 5.41) is 0. The highest BCUT2D eigenvalue weighted by molar-refractivity contribution is 6.67. The third kappa shape index (κ3) is 5.61. The van der Waals surface area contributed by atoms with Gasteiger partial charge in [-0.05, 0) is 18.7 Å². The van der Waals surface area contributed by atoms with E-state index >= 15 is 0 Å². The second kappa shape index (κ2) is 6.72. The number of benzene rings is 1. The van der Waals surface area contributed by atoms with Gasteiger partial charge in [0.1, 0.15) is 6.10 Å². The predicted molar refractivity (Wildman–Crippen MR) is 68.5 cm³/mol. The van der Waals surface area contributed by atoms with Crippen LogP contribution >= 0.6 is 0 Å². The van der Waals surface area contributed by atoms with Gasteiger partial charge in [-0.2, -0.15) is 26.3 Å².